The SMILES string of the molecule is CCCC(=O)COCCOCCNC(=O)CC[C@H](NC(=O)CCCCCCCCCCCCCCCCC(=O)O)C(=O)O. The van der Waals surface area contributed by atoms with Gasteiger partial charge in [0.25, 0.3) is 0 Å². The summed E-state index contributed by atoms with van der Waals surface area (Å²) >= 11 is 0. The van der Waals surface area contributed by atoms with E-state index in [1.54, 1.807) is 0 Å². The van der Waals surface area contributed by atoms with Crippen molar-refractivity contribution in [3.8, 4) is 0 Å². The molecule has 11 heteroatoms. The molecular weight excluding hydrogens is 556 g/mol. The van der Waals surface area contributed by atoms with Crippen LogP contribution in [-0.4, -0.2) is 78.8 Å². The highest BCUT2D eigenvalue weighted by atomic mass is 16.5. The third-order valence-corrected chi connectivity index (χ3v) is 7.07. The molecule has 0 aliphatic rings. The van der Waals surface area contributed by atoms with Crippen LogP contribution in [0.4, 0.5) is 0 Å². The minimum atomic E-state index is -1.15. The first kappa shape index (κ1) is 40.5. The topological polar surface area (TPSA) is 168 Å². The van der Waals surface area contributed by atoms with Crippen LogP contribution in [0.2, 0.25) is 0 Å². The van der Waals surface area contributed by atoms with Crippen LogP contribution < -0.4 is 10.6 Å². The summed E-state index contributed by atoms with van der Waals surface area (Å²) in [6.45, 7) is 3.17. The average Bonchev–Trinajstić information content (AvgIpc) is 2.96. The second-order valence-corrected chi connectivity index (χ2v) is 11.1. The van der Waals surface area contributed by atoms with E-state index in [2.05, 4.69) is 10.6 Å². The normalized spacial score (nSPS) is 11.7. The number of carbonyl (C=O) groups excluding carboxylic acids is 3. The summed E-state index contributed by atoms with van der Waals surface area (Å²) in [5.41, 5.74) is 0. The average molecular weight is 615 g/mol. The van der Waals surface area contributed by atoms with Gasteiger partial charge in [0.1, 0.15) is 12.6 Å². The lowest BCUT2D eigenvalue weighted by atomic mass is 10.0. The first-order valence-corrected chi connectivity index (χ1v) is 16.4. The van der Waals surface area contributed by atoms with Gasteiger partial charge in [0, 0.05) is 32.2 Å². The molecule has 43 heavy (non-hydrogen) atoms. The summed E-state index contributed by atoms with van der Waals surface area (Å²) in [6.07, 6.45) is 17.2. The van der Waals surface area contributed by atoms with Gasteiger partial charge in [-0.25, -0.2) is 4.79 Å². The molecule has 0 rings (SSSR count). The molecular formula is C32H58N2O9. The Morgan fingerprint density at radius 2 is 1.12 bits per heavy atom. The van der Waals surface area contributed by atoms with Crippen molar-refractivity contribution in [2.75, 3.05) is 33.0 Å². The Kier molecular flexibility index (Phi) is 27.8. The molecule has 0 aromatic rings. The van der Waals surface area contributed by atoms with Crippen molar-refractivity contribution < 1.29 is 43.7 Å². The van der Waals surface area contributed by atoms with Crippen molar-refractivity contribution in [1.29, 1.82) is 0 Å². The summed E-state index contributed by atoms with van der Waals surface area (Å²) in [5.74, 6) is -2.41. The number of carboxylic acid groups (broad SMARTS) is 2. The highest BCUT2D eigenvalue weighted by Gasteiger charge is 2.20. The van der Waals surface area contributed by atoms with E-state index in [0.717, 1.165) is 44.9 Å². The van der Waals surface area contributed by atoms with Crippen LogP contribution in [0.25, 0.3) is 0 Å². The predicted molar refractivity (Wildman–Crippen MR) is 165 cm³/mol. The fourth-order valence-corrected chi connectivity index (χ4v) is 4.59. The van der Waals surface area contributed by atoms with Gasteiger partial charge in [0.15, 0.2) is 5.78 Å². The van der Waals surface area contributed by atoms with E-state index in [1.807, 2.05) is 6.92 Å². The third-order valence-electron chi connectivity index (χ3n) is 7.07. The van der Waals surface area contributed by atoms with Gasteiger partial charge in [0.2, 0.25) is 11.8 Å². The minimum absolute atomic E-state index is 0.0141. The largest absolute Gasteiger partial charge is 0.481 e. The Balaban J connectivity index is 3.67. The van der Waals surface area contributed by atoms with Gasteiger partial charge in [0.05, 0.1) is 19.8 Å². The number of unbranched alkanes of at least 4 members (excludes halogenated alkanes) is 13. The molecule has 0 heterocycles. The van der Waals surface area contributed by atoms with Crippen molar-refractivity contribution in [2.45, 2.75) is 141 Å². The van der Waals surface area contributed by atoms with E-state index in [1.165, 1.54) is 44.9 Å². The van der Waals surface area contributed by atoms with E-state index in [9.17, 15) is 29.1 Å². The number of carboxylic acids is 2. The Bertz CT molecular complexity index is 761. The molecule has 0 radical (unpaired) electrons. The number of nitrogens with one attached hydrogen (secondary N) is 2. The molecule has 0 saturated heterocycles. The third kappa shape index (κ3) is 29.3. The van der Waals surface area contributed by atoms with Crippen LogP contribution in [0.1, 0.15) is 135 Å². The lowest BCUT2D eigenvalue weighted by Gasteiger charge is -2.14. The first-order chi connectivity index (χ1) is 20.8. The number of Topliss-reactive ketones (excluding diaryl/α,β-unsaturated/α-hetero) is 1. The number of ether oxygens (including phenoxy) is 2. The number of amides is 2. The molecule has 250 valence electrons. The molecule has 0 spiro atoms. The van der Waals surface area contributed by atoms with E-state index in [-0.39, 0.29) is 63.0 Å². The van der Waals surface area contributed by atoms with Gasteiger partial charge in [-0.2, -0.15) is 0 Å². The molecule has 0 aromatic heterocycles. The zero-order chi connectivity index (χ0) is 32.0. The number of aliphatic carboxylic acids is 2. The van der Waals surface area contributed by atoms with E-state index < -0.39 is 18.0 Å². The van der Waals surface area contributed by atoms with Gasteiger partial charge in [-0.3, -0.25) is 19.2 Å². The number of hydrogen-bond donors (Lipinski definition) is 4. The van der Waals surface area contributed by atoms with Crippen molar-refractivity contribution >= 4 is 29.5 Å². The molecule has 0 aliphatic heterocycles. The van der Waals surface area contributed by atoms with Gasteiger partial charge in [-0.05, 0) is 25.7 Å². The smallest absolute Gasteiger partial charge is 0.326 e. The van der Waals surface area contributed by atoms with Crippen LogP contribution in [-0.2, 0) is 33.4 Å². The zero-order valence-corrected chi connectivity index (χ0v) is 26.5. The van der Waals surface area contributed by atoms with Crippen LogP contribution in [0.15, 0.2) is 0 Å². The first-order valence-electron chi connectivity index (χ1n) is 16.4. The highest BCUT2D eigenvalue weighted by molar-refractivity contribution is 5.84. The lowest BCUT2D eigenvalue weighted by molar-refractivity contribution is -0.142. The minimum Gasteiger partial charge on any atom is -0.481 e. The van der Waals surface area contributed by atoms with Crippen molar-refractivity contribution in [3.05, 3.63) is 0 Å². The zero-order valence-electron chi connectivity index (χ0n) is 26.5. The van der Waals surface area contributed by atoms with Crippen LogP contribution >= 0.6 is 0 Å². The molecule has 2 amide bonds. The summed E-state index contributed by atoms with van der Waals surface area (Å²) in [7, 11) is 0. The Hall–Kier alpha value is -2.53. The molecule has 4 N–H and O–H groups in total. The Morgan fingerprint density at radius 1 is 0.605 bits per heavy atom. The van der Waals surface area contributed by atoms with Gasteiger partial charge in [-0.1, -0.05) is 84.0 Å². The maximum absolute atomic E-state index is 12.2. The molecule has 0 saturated carbocycles. The summed E-state index contributed by atoms with van der Waals surface area (Å²) in [5, 5.41) is 23.2. The van der Waals surface area contributed by atoms with Crippen LogP contribution in [0.3, 0.4) is 0 Å². The molecule has 11 nitrogen and oxygen atoms in total. The van der Waals surface area contributed by atoms with Crippen molar-refractivity contribution in [3.63, 3.8) is 0 Å². The Morgan fingerprint density at radius 3 is 1.63 bits per heavy atom. The maximum Gasteiger partial charge on any atom is 0.326 e. The molecule has 1 atom stereocenters. The number of ketones is 1. The maximum atomic E-state index is 12.2. The lowest BCUT2D eigenvalue weighted by Crippen LogP contribution is -2.41. The number of hydrogen-bond acceptors (Lipinski definition) is 7. The quantitative estimate of drug-likeness (QED) is 0.0746. The Labute approximate surface area is 258 Å². The van der Waals surface area contributed by atoms with Gasteiger partial charge in [-0.15, -0.1) is 0 Å². The van der Waals surface area contributed by atoms with E-state index in [4.69, 9.17) is 14.6 Å². The fraction of sp³-hybridized carbons (Fsp3) is 0.844. The molecule has 0 fully saturated rings. The molecule has 0 aliphatic carbocycles. The molecule has 0 aromatic carbocycles. The molecule has 0 bridgehead atoms. The monoisotopic (exact) mass is 614 g/mol. The van der Waals surface area contributed by atoms with Crippen LogP contribution in [0, 0.1) is 0 Å². The number of carbonyl (C=O) groups is 5. The summed E-state index contributed by atoms with van der Waals surface area (Å²) in [6, 6.07) is -1.10. The second kappa shape index (κ2) is 29.5. The van der Waals surface area contributed by atoms with Gasteiger partial charge < -0.3 is 30.3 Å². The number of rotatable bonds is 32. The van der Waals surface area contributed by atoms with Gasteiger partial charge >= 0.3 is 11.9 Å². The summed E-state index contributed by atoms with van der Waals surface area (Å²) < 4.78 is 10.5. The van der Waals surface area contributed by atoms with Crippen molar-refractivity contribution in [2.24, 2.45) is 0 Å². The van der Waals surface area contributed by atoms with Crippen molar-refractivity contribution in [1.82, 2.24) is 10.6 Å². The van der Waals surface area contributed by atoms with E-state index >= 15 is 0 Å². The standard InChI is InChI=1S/C32H58N2O9/c1-2-17-27(35)26-43-25-24-42-23-22-33-29(36)21-20-28(32(40)41)34-30(37)18-15-13-11-9-7-5-3-4-6-8-10-12-14-16-19-31(38)39/h28H,2-26H2,1H3,(H,33,36)(H,34,37)(H,38,39)(H,40,41)/t28-/m0/s1. The van der Waals surface area contributed by atoms with E-state index in [0.29, 0.717) is 26.1 Å². The van der Waals surface area contributed by atoms with Crippen LogP contribution in [0.5, 0.6) is 0 Å². The molecule has 0 unspecified atom stereocenters. The predicted octanol–water partition coefficient (Wildman–Crippen LogP) is 5.18. The second-order valence-electron chi connectivity index (χ2n) is 11.1. The highest BCUT2D eigenvalue weighted by Crippen LogP contribution is 2.14. The summed E-state index contributed by atoms with van der Waals surface area (Å²) in [4.78, 5) is 57.6. The fourth-order valence-electron chi connectivity index (χ4n) is 4.59.